The molecule has 0 aromatic rings. The summed E-state index contributed by atoms with van der Waals surface area (Å²) in [4.78, 5) is 25.7. The first-order valence-electron chi connectivity index (χ1n) is 12.9. The Kier molecular flexibility index (Phi) is 4.77. The molecule has 2 heterocycles. The van der Waals surface area contributed by atoms with E-state index >= 15 is 0 Å². The van der Waals surface area contributed by atoms with Gasteiger partial charge in [-0.25, -0.2) is 4.79 Å². The largest absolute Gasteiger partial charge is 0.456 e. The van der Waals surface area contributed by atoms with Gasteiger partial charge in [-0.15, -0.1) is 0 Å². The van der Waals surface area contributed by atoms with Crippen molar-refractivity contribution in [3.8, 4) is 0 Å². The maximum absolute atomic E-state index is 13.2. The Morgan fingerprint density at radius 3 is 2.56 bits per heavy atom. The van der Waals surface area contributed by atoms with Crippen LogP contribution in [0.3, 0.4) is 0 Å². The molecule has 0 amide bonds. The molecule has 6 nitrogen and oxygen atoms in total. The number of ether oxygens (including phenoxy) is 2. The number of carbonyl (C=O) groups excluding carboxylic acids is 2. The molecule has 6 heteroatoms. The van der Waals surface area contributed by atoms with Gasteiger partial charge >= 0.3 is 5.97 Å². The third-order valence-corrected chi connectivity index (χ3v) is 11.1. The van der Waals surface area contributed by atoms with Crippen molar-refractivity contribution in [2.24, 2.45) is 34.5 Å². The molecule has 0 radical (unpaired) electrons. The molecule has 3 fully saturated rings. The number of esters is 1. The van der Waals surface area contributed by atoms with Gasteiger partial charge in [0.25, 0.3) is 0 Å². The summed E-state index contributed by atoms with van der Waals surface area (Å²) in [6, 6.07) is 0. The lowest BCUT2D eigenvalue weighted by molar-refractivity contribution is -0.215. The van der Waals surface area contributed by atoms with E-state index in [0.717, 1.165) is 43.3 Å². The van der Waals surface area contributed by atoms with E-state index in [1.54, 1.807) is 19.1 Å². The van der Waals surface area contributed by atoms with Gasteiger partial charge in [-0.1, -0.05) is 11.6 Å². The molecule has 2 saturated carbocycles. The average molecular weight is 469 g/mol. The van der Waals surface area contributed by atoms with E-state index < -0.39 is 29.5 Å². The molecule has 4 aliphatic carbocycles. The molecule has 184 valence electrons. The van der Waals surface area contributed by atoms with Crippen LogP contribution in [0, 0.1) is 34.5 Å². The second-order valence-corrected chi connectivity index (χ2v) is 12.1. The fourth-order valence-corrected chi connectivity index (χ4v) is 9.17. The Morgan fingerprint density at radius 1 is 1.06 bits per heavy atom. The summed E-state index contributed by atoms with van der Waals surface area (Å²) in [7, 11) is 0. The van der Waals surface area contributed by atoms with Crippen LogP contribution in [0.15, 0.2) is 34.9 Å². The smallest absolute Gasteiger partial charge is 0.334 e. The molecule has 1 spiro atoms. The fourth-order valence-electron chi connectivity index (χ4n) is 9.17. The third kappa shape index (κ3) is 2.57. The van der Waals surface area contributed by atoms with Crippen molar-refractivity contribution < 1.29 is 29.3 Å². The molecule has 6 rings (SSSR count). The van der Waals surface area contributed by atoms with Crippen LogP contribution < -0.4 is 0 Å². The topological polar surface area (TPSA) is 93.1 Å². The number of carbonyl (C=O) groups is 2. The summed E-state index contributed by atoms with van der Waals surface area (Å²) < 4.78 is 12.3. The molecule has 6 aliphatic rings. The van der Waals surface area contributed by atoms with Gasteiger partial charge in [0.15, 0.2) is 12.1 Å². The lowest BCUT2D eigenvalue weighted by Crippen LogP contribution is -2.56. The molecule has 2 aliphatic heterocycles. The highest BCUT2D eigenvalue weighted by Crippen LogP contribution is 2.71. The predicted molar refractivity (Wildman–Crippen MR) is 124 cm³/mol. The lowest BCUT2D eigenvalue weighted by atomic mass is 9.46. The second kappa shape index (κ2) is 7.14. The average Bonchev–Trinajstić information content (AvgIpc) is 3.30. The number of ketones is 1. The van der Waals surface area contributed by atoms with Crippen molar-refractivity contribution in [3.05, 3.63) is 34.9 Å². The maximum Gasteiger partial charge on any atom is 0.334 e. The van der Waals surface area contributed by atoms with E-state index in [9.17, 15) is 19.8 Å². The Balaban J connectivity index is 1.36. The monoisotopic (exact) mass is 468 g/mol. The lowest BCUT2D eigenvalue weighted by Gasteiger charge is -2.56. The van der Waals surface area contributed by atoms with Crippen molar-refractivity contribution >= 4 is 11.8 Å². The Morgan fingerprint density at radius 2 is 1.82 bits per heavy atom. The van der Waals surface area contributed by atoms with E-state index in [-0.39, 0.29) is 40.8 Å². The van der Waals surface area contributed by atoms with Crippen molar-refractivity contribution in [2.45, 2.75) is 90.3 Å². The normalized spacial score (nSPS) is 51.9. The van der Waals surface area contributed by atoms with E-state index in [0.29, 0.717) is 12.0 Å². The minimum atomic E-state index is -0.910. The summed E-state index contributed by atoms with van der Waals surface area (Å²) in [6.07, 6.45) is 8.19. The van der Waals surface area contributed by atoms with Crippen LogP contribution in [0.25, 0.3) is 0 Å². The summed E-state index contributed by atoms with van der Waals surface area (Å²) >= 11 is 0. The number of fused-ring (bicyclic) bond motifs is 4. The van der Waals surface area contributed by atoms with Gasteiger partial charge < -0.3 is 19.7 Å². The van der Waals surface area contributed by atoms with Crippen LogP contribution in [0.5, 0.6) is 0 Å². The van der Waals surface area contributed by atoms with Gasteiger partial charge in [0.1, 0.15) is 11.7 Å². The molecule has 1 saturated heterocycles. The van der Waals surface area contributed by atoms with Gasteiger partial charge in [-0.3, -0.25) is 4.79 Å². The van der Waals surface area contributed by atoms with E-state index in [1.165, 1.54) is 0 Å². The van der Waals surface area contributed by atoms with Crippen molar-refractivity contribution in [2.75, 3.05) is 0 Å². The van der Waals surface area contributed by atoms with E-state index in [2.05, 4.69) is 6.08 Å². The van der Waals surface area contributed by atoms with Gasteiger partial charge in [0, 0.05) is 23.3 Å². The van der Waals surface area contributed by atoms with Gasteiger partial charge in [-0.05, 0) is 95.3 Å². The predicted octanol–water partition coefficient (Wildman–Crippen LogP) is 3.62. The number of aliphatic hydroxyl groups is 2. The molecule has 0 bridgehead atoms. The zero-order valence-electron chi connectivity index (χ0n) is 20.5. The number of cyclic esters (lactones) is 1. The van der Waals surface area contributed by atoms with E-state index in [1.807, 2.05) is 20.8 Å². The Labute approximate surface area is 201 Å². The molecular formula is C28H36O6. The number of hydrogen-bond acceptors (Lipinski definition) is 6. The quantitative estimate of drug-likeness (QED) is 0.451. The number of hydrogen-bond donors (Lipinski definition) is 2. The SMILES string of the molecule is CC1=C(C)C(=O)OC(C2(C)OC(O)C34CCC5C(CC=C6C(O)C=CC(=O)C65C)C3CCC24)C1. The van der Waals surface area contributed by atoms with Crippen molar-refractivity contribution in [1.29, 1.82) is 0 Å². The highest BCUT2D eigenvalue weighted by molar-refractivity contribution is 5.99. The van der Waals surface area contributed by atoms with E-state index in [4.69, 9.17) is 9.47 Å². The van der Waals surface area contributed by atoms with Gasteiger partial charge in [0.05, 0.1) is 11.5 Å². The number of rotatable bonds is 1. The minimum absolute atomic E-state index is 0.0871. The minimum Gasteiger partial charge on any atom is -0.456 e. The van der Waals surface area contributed by atoms with Crippen LogP contribution >= 0.6 is 0 Å². The van der Waals surface area contributed by atoms with Crippen LogP contribution in [0.4, 0.5) is 0 Å². The molecule has 10 unspecified atom stereocenters. The van der Waals surface area contributed by atoms with Crippen LogP contribution in [-0.2, 0) is 19.1 Å². The standard InChI is InChI=1S/C28H36O6/c1-14-13-23(33-24(31)15(14)2)27(4)21-9-7-18-16-5-6-19-20(29)8-10-22(30)26(19,3)17(16)11-12-28(18,21)25(32)34-27/h6,8,10,16-18,20-21,23,25,29,32H,5,7,9,11-13H2,1-4H3. The summed E-state index contributed by atoms with van der Waals surface area (Å²) in [5.74, 6) is 0.533. The molecule has 0 aromatic carbocycles. The first kappa shape index (κ1) is 22.7. The zero-order valence-corrected chi connectivity index (χ0v) is 20.5. The fraction of sp³-hybridized carbons (Fsp3) is 0.714. The van der Waals surface area contributed by atoms with Crippen LogP contribution in [0.1, 0.15) is 66.2 Å². The first-order valence-corrected chi connectivity index (χ1v) is 12.9. The number of allylic oxidation sites excluding steroid dienone is 2. The van der Waals surface area contributed by atoms with Gasteiger partial charge in [0.2, 0.25) is 0 Å². The summed E-state index contributed by atoms with van der Waals surface area (Å²) in [6.45, 7) is 7.83. The Hall–Kier alpha value is -1.76. The molecule has 10 atom stereocenters. The summed E-state index contributed by atoms with van der Waals surface area (Å²) in [5.41, 5.74) is 0.747. The third-order valence-electron chi connectivity index (χ3n) is 11.1. The highest BCUT2D eigenvalue weighted by atomic mass is 16.6. The zero-order chi connectivity index (χ0) is 24.2. The first-order chi connectivity index (χ1) is 16.0. The number of aliphatic hydroxyl groups excluding tert-OH is 2. The molecule has 34 heavy (non-hydrogen) atoms. The van der Waals surface area contributed by atoms with Crippen molar-refractivity contribution in [3.63, 3.8) is 0 Å². The van der Waals surface area contributed by atoms with Crippen molar-refractivity contribution in [1.82, 2.24) is 0 Å². The molecular weight excluding hydrogens is 432 g/mol. The maximum atomic E-state index is 13.2. The molecule has 2 N–H and O–H groups in total. The van der Waals surface area contributed by atoms with Gasteiger partial charge in [-0.2, -0.15) is 0 Å². The van der Waals surface area contributed by atoms with Crippen LogP contribution in [-0.4, -0.2) is 46.1 Å². The summed E-state index contributed by atoms with van der Waals surface area (Å²) in [5, 5.41) is 22.1. The highest BCUT2D eigenvalue weighted by Gasteiger charge is 2.73. The van der Waals surface area contributed by atoms with Crippen LogP contribution in [0.2, 0.25) is 0 Å². The Bertz CT molecular complexity index is 1060. The molecule has 0 aromatic heterocycles. The second-order valence-electron chi connectivity index (χ2n) is 12.1.